The normalized spacial score (nSPS) is 17.7. The average Bonchev–Trinajstić information content (AvgIpc) is 3.32. The minimum absolute atomic E-state index is 0.113. The van der Waals surface area contributed by atoms with Crippen LogP contribution >= 0.6 is 0 Å². The highest BCUT2D eigenvalue weighted by molar-refractivity contribution is 6.01. The molecule has 1 aliphatic heterocycles. The van der Waals surface area contributed by atoms with Crippen molar-refractivity contribution in [3.05, 3.63) is 77.1 Å². The van der Waals surface area contributed by atoms with Crippen molar-refractivity contribution in [3.8, 4) is 17.2 Å². The topological polar surface area (TPSA) is 139 Å². The Kier molecular flexibility index (Phi) is 5.09. The zero-order chi connectivity index (χ0) is 23.9. The number of pyridine rings is 1. The molecule has 5 N–H and O–H groups in total. The third kappa shape index (κ3) is 3.47. The van der Waals surface area contributed by atoms with Crippen molar-refractivity contribution in [2.24, 2.45) is 11.5 Å². The number of methoxy groups -OCH3 is 1. The molecule has 0 spiro atoms. The van der Waals surface area contributed by atoms with Crippen LogP contribution in [-0.4, -0.2) is 30.7 Å². The quantitative estimate of drug-likeness (QED) is 0.516. The summed E-state index contributed by atoms with van der Waals surface area (Å²) in [6.45, 7) is 0.113. The lowest BCUT2D eigenvalue weighted by Crippen LogP contribution is -2.43. The maximum absolute atomic E-state index is 12.9. The van der Waals surface area contributed by atoms with Crippen LogP contribution in [0.15, 0.2) is 54.7 Å². The maximum atomic E-state index is 12.9. The molecule has 9 nitrogen and oxygen atoms in total. The molecule has 0 saturated carbocycles. The van der Waals surface area contributed by atoms with Gasteiger partial charge in [-0.05, 0) is 42.3 Å². The molecule has 1 aromatic heterocycles. The summed E-state index contributed by atoms with van der Waals surface area (Å²) in [6.07, 6.45) is 5.05. The molecular formula is C25H22N4O5. The Morgan fingerprint density at radius 1 is 1.12 bits per heavy atom. The number of hydrogen-bond donors (Lipinski definition) is 3. The van der Waals surface area contributed by atoms with Crippen molar-refractivity contribution >= 4 is 29.3 Å². The van der Waals surface area contributed by atoms with Crippen LogP contribution in [0.3, 0.4) is 0 Å². The predicted octanol–water partition coefficient (Wildman–Crippen LogP) is 2.65. The van der Waals surface area contributed by atoms with Crippen molar-refractivity contribution in [2.75, 3.05) is 19.2 Å². The van der Waals surface area contributed by atoms with Crippen LogP contribution < -0.4 is 31.0 Å². The summed E-state index contributed by atoms with van der Waals surface area (Å²) in [4.78, 5) is 29.6. The number of aromatic nitrogens is 1. The fourth-order valence-electron chi connectivity index (χ4n) is 4.31. The zero-order valence-electron chi connectivity index (χ0n) is 18.3. The lowest BCUT2D eigenvalue weighted by atomic mass is 9.71. The first-order valence-corrected chi connectivity index (χ1v) is 10.5. The highest BCUT2D eigenvalue weighted by Gasteiger charge is 2.41. The molecule has 3 aromatic rings. The third-order valence-corrected chi connectivity index (χ3v) is 6.13. The van der Waals surface area contributed by atoms with Crippen LogP contribution in [0.5, 0.6) is 17.2 Å². The number of carbonyl (C=O) groups is 2. The second-order valence-corrected chi connectivity index (χ2v) is 8.05. The van der Waals surface area contributed by atoms with Gasteiger partial charge in [0.25, 0.3) is 5.91 Å². The maximum Gasteiger partial charge on any atom is 0.252 e. The molecule has 2 amide bonds. The minimum Gasteiger partial charge on any atom is -0.497 e. The van der Waals surface area contributed by atoms with Crippen molar-refractivity contribution in [3.63, 3.8) is 0 Å². The van der Waals surface area contributed by atoms with Crippen LogP contribution in [0, 0.1) is 0 Å². The van der Waals surface area contributed by atoms with Gasteiger partial charge >= 0.3 is 0 Å². The molecule has 34 heavy (non-hydrogen) atoms. The summed E-state index contributed by atoms with van der Waals surface area (Å²) >= 11 is 0. The molecule has 172 valence electrons. The molecule has 2 aromatic carbocycles. The highest BCUT2D eigenvalue weighted by atomic mass is 16.7. The number of fused-ring (bicyclic) bond motifs is 2. The molecule has 0 fully saturated rings. The van der Waals surface area contributed by atoms with E-state index in [1.54, 1.807) is 43.5 Å². The number of nitrogens with zero attached hydrogens (tertiary/aromatic N) is 1. The second kappa shape index (κ2) is 8.11. The molecule has 2 aliphatic rings. The van der Waals surface area contributed by atoms with Crippen LogP contribution in [-0.2, 0) is 16.6 Å². The zero-order valence-corrected chi connectivity index (χ0v) is 18.3. The van der Waals surface area contributed by atoms with E-state index in [0.717, 1.165) is 0 Å². The Morgan fingerprint density at radius 2 is 1.94 bits per heavy atom. The Labute approximate surface area is 195 Å². The Bertz CT molecular complexity index is 1350. The van der Waals surface area contributed by atoms with Gasteiger partial charge in [0.05, 0.1) is 29.5 Å². The van der Waals surface area contributed by atoms with Gasteiger partial charge in [0.2, 0.25) is 12.7 Å². The average molecular weight is 458 g/mol. The van der Waals surface area contributed by atoms with Crippen molar-refractivity contribution in [2.45, 2.75) is 11.8 Å². The first-order chi connectivity index (χ1) is 16.4. The van der Waals surface area contributed by atoms with Gasteiger partial charge in [0.15, 0.2) is 11.5 Å². The number of nitrogens with one attached hydrogen (secondary N) is 1. The van der Waals surface area contributed by atoms with Crippen molar-refractivity contribution in [1.82, 2.24) is 4.98 Å². The Morgan fingerprint density at radius 3 is 2.71 bits per heavy atom. The Balaban J connectivity index is 1.64. The molecule has 0 bridgehead atoms. The number of nitrogens with two attached hydrogens (primary N) is 2. The molecular weight excluding hydrogens is 436 g/mol. The predicted molar refractivity (Wildman–Crippen MR) is 125 cm³/mol. The van der Waals surface area contributed by atoms with E-state index in [2.05, 4.69) is 10.3 Å². The molecule has 1 unspecified atom stereocenters. The molecule has 0 saturated heterocycles. The van der Waals surface area contributed by atoms with Gasteiger partial charge in [0, 0.05) is 23.5 Å². The van der Waals surface area contributed by atoms with E-state index >= 15 is 0 Å². The molecule has 5 rings (SSSR count). The van der Waals surface area contributed by atoms with Crippen LogP contribution in [0.1, 0.15) is 27.2 Å². The SMILES string of the molecule is COc1cccc(Nc2c(C(N)=O)cnc3c2CC(C(N)=O)(c2ccc4c(c2)OCO4)C=C3)c1. The summed E-state index contributed by atoms with van der Waals surface area (Å²) < 4.78 is 16.2. The highest BCUT2D eigenvalue weighted by Crippen LogP contribution is 2.43. The van der Waals surface area contributed by atoms with Gasteiger partial charge < -0.3 is 31.0 Å². The van der Waals surface area contributed by atoms with Crippen LogP contribution in [0.25, 0.3) is 6.08 Å². The summed E-state index contributed by atoms with van der Waals surface area (Å²) in [5.74, 6) is 0.575. The number of rotatable bonds is 6. The van der Waals surface area contributed by atoms with Gasteiger partial charge in [-0.15, -0.1) is 0 Å². The number of ether oxygens (including phenoxy) is 3. The lowest BCUT2D eigenvalue weighted by molar-refractivity contribution is -0.121. The monoisotopic (exact) mass is 458 g/mol. The van der Waals surface area contributed by atoms with Gasteiger partial charge in [-0.25, -0.2) is 0 Å². The van der Waals surface area contributed by atoms with E-state index < -0.39 is 17.2 Å². The summed E-state index contributed by atoms with van der Waals surface area (Å²) in [5, 5.41) is 3.28. The summed E-state index contributed by atoms with van der Waals surface area (Å²) in [6, 6.07) is 12.5. The molecule has 0 radical (unpaired) electrons. The number of anilines is 2. The van der Waals surface area contributed by atoms with E-state index in [1.807, 2.05) is 18.2 Å². The summed E-state index contributed by atoms with van der Waals surface area (Å²) in [7, 11) is 1.57. The van der Waals surface area contributed by atoms with E-state index in [-0.39, 0.29) is 18.8 Å². The molecule has 1 atom stereocenters. The number of hydrogen-bond acceptors (Lipinski definition) is 7. The first-order valence-electron chi connectivity index (χ1n) is 10.5. The first kappa shape index (κ1) is 21.3. The summed E-state index contributed by atoms with van der Waals surface area (Å²) in [5.41, 5.74) is 13.7. The fraction of sp³-hybridized carbons (Fsp3) is 0.160. The van der Waals surface area contributed by atoms with Crippen LogP contribution in [0.4, 0.5) is 11.4 Å². The van der Waals surface area contributed by atoms with E-state index in [0.29, 0.717) is 45.4 Å². The van der Waals surface area contributed by atoms with Crippen LogP contribution in [0.2, 0.25) is 0 Å². The smallest absolute Gasteiger partial charge is 0.252 e. The van der Waals surface area contributed by atoms with Crippen molar-refractivity contribution < 1.29 is 23.8 Å². The number of primary amides is 2. The van der Waals surface area contributed by atoms with Gasteiger partial charge in [0.1, 0.15) is 5.75 Å². The van der Waals surface area contributed by atoms with E-state index in [4.69, 9.17) is 25.7 Å². The van der Waals surface area contributed by atoms with E-state index in [1.165, 1.54) is 6.20 Å². The lowest BCUT2D eigenvalue weighted by Gasteiger charge is -2.33. The number of amides is 2. The number of carbonyl (C=O) groups excluding carboxylic acids is 2. The van der Waals surface area contributed by atoms with Gasteiger partial charge in [-0.1, -0.05) is 18.2 Å². The van der Waals surface area contributed by atoms with E-state index in [9.17, 15) is 9.59 Å². The largest absolute Gasteiger partial charge is 0.497 e. The standard InChI is InChI=1S/C25H22N4O5/c1-32-16-4-2-3-15(10-16)29-22-17-11-25(24(27)31,8-7-19(17)28-12-18(22)23(26)30)14-5-6-20-21(9-14)34-13-33-20/h2-10,12H,11,13H2,1H3,(H2,26,30)(H2,27,31)(H,28,29). The Hall–Kier alpha value is -4.53. The van der Waals surface area contributed by atoms with Gasteiger partial charge in [-0.3, -0.25) is 14.6 Å². The molecule has 9 heteroatoms. The number of benzene rings is 2. The molecule has 2 heterocycles. The minimum atomic E-state index is -1.20. The second-order valence-electron chi connectivity index (χ2n) is 8.05. The van der Waals surface area contributed by atoms with Crippen molar-refractivity contribution in [1.29, 1.82) is 0 Å². The van der Waals surface area contributed by atoms with Gasteiger partial charge in [-0.2, -0.15) is 0 Å². The fourth-order valence-corrected chi connectivity index (χ4v) is 4.31. The molecule has 1 aliphatic carbocycles. The third-order valence-electron chi connectivity index (χ3n) is 6.13.